The van der Waals surface area contributed by atoms with Crippen molar-refractivity contribution in [2.24, 2.45) is 5.10 Å². The van der Waals surface area contributed by atoms with Gasteiger partial charge in [0.05, 0.1) is 15.6 Å². The van der Waals surface area contributed by atoms with Crippen molar-refractivity contribution in [3.8, 4) is 5.75 Å². The molecule has 0 bridgehead atoms. The van der Waals surface area contributed by atoms with E-state index in [1.165, 1.54) is 4.88 Å². The van der Waals surface area contributed by atoms with Crippen LogP contribution in [0.3, 0.4) is 0 Å². The van der Waals surface area contributed by atoms with Crippen LogP contribution in [0.25, 0.3) is 0 Å². The minimum atomic E-state index is -0.359. The molecular weight excluding hydrogens is 355 g/mol. The highest BCUT2D eigenvalue weighted by Gasteiger charge is 2.07. The zero-order valence-corrected chi connectivity index (χ0v) is 15.1. The molecule has 23 heavy (non-hydrogen) atoms. The molecule has 1 aromatic heterocycles. The van der Waals surface area contributed by atoms with Crippen LogP contribution in [0, 0.1) is 0 Å². The van der Waals surface area contributed by atoms with Crippen LogP contribution in [-0.4, -0.2) is 18.2 Å². The molecule has 2 aromatic rings. The Morgan fingerprint density at radius 3 is 2.74 bits per heavy atom. The Kier molecular flexibility index (Phi) is 6.45. The maximum Gasteiger partial charge on any atom is 0.277 e. The minimum Gasteiger partial charge on any atom is -0.482 e. The molecule has 0 saturated carbocycles. The van der Waals surface area contributed by atoms with Crippen LogP contribution in [0.15, 0.2) is 35.4 Å². The molecule has 2 rings (SSSR count). The third kappa shape index (κ3) is 5.23. The van der Waals surface area contributed by atoms with Crippen LogP contribution in [0.1, 0.15) is 23.6 Å². The van der Waals surface area contributed by atoms with Gasteiger partial charge in [0.1, 0.15) is 5.75 Å². The van der Waals surface area contributed by atoms with E-state index >= 15 is 0 Å². The van der Waals surface area contributed by atoms with Crippen LogP contribution in [0.2, 0.25) is 10.0 Å². The van der Waals surface area contributed by atoms with Crippen LogP contribution >= 0.6 is 34.5 Å². The number of hydrogen-bond acceptors (Lipinski definition) is 4. The minimum absolute atomic E-state index is 0.178. The lowest BCUT2D eigenvalue weighted by Gasteiger charge is -2.07. The summed E-state index contributed by atoms with van der Waals surface area (Å²) in [7, 11) is 0. The SMILES string of the molecule is CCc1ccc(/C(C)=N\NC(=O)COc2ccc(Cl)cc2Cl)s1. The quantitative estimate of drug-likeness (QED) is 0.599. The largest absolute Gasteiger partial charge is 0.482 e. The molecule has 1 N–H and O–H groups in total. The summed E-state index contributed by atoms with van der Waals surface area (Å²) in [5, 5.41) is 4.95. The van der Waals surface area contributed by atoms with Crippen molar-refractivity contribution in [2.75, 3.05) is 6.61 Å². The van der Waals surface area contributed by atoms with Gasteiger partial charge in [-0.1, -0.05) is 30.1 Å². The van der Waals surface area contributed by atoms with Gasteiger partial charge in [-0.05, 0) is 43.7 Å². The Hall–Kier alpha value is -1.56. The summed E-state index contributed by atoms with van der Waals surface area (Å²) < 4.78 is 5.34. The number of carbonyl (C=O) groups is 1. The van der Waals surface area contributed by atoms with Crippen molar-refractivity contribution in [3.63, 3.8) is 0 Å². The molecule has 0 radical (unpaired) electrons. The van der Waals surface area contributed by atoms with Crippen molar-refractivity contribution < 1.29 is 9.53 Å². The van der Waals surface area contributed by atoms with E-state index < -0.39 is 0 Å². The number of thiophene rings is 1. The number of rotatable bonds is 6. The van der Waals surface area contributed by atoms with Crippen molar-refractivity contribution in [3.05, 3.63) is 50.1 Å². The number of benzene rings is 1. The number of hydrogen-bond donors (Lipinski definition) is 1. The normalized spacial score (nSPS) is 11.4. The molecule has 0 unspecified atom stereocenters. The second-order valence-electron chi connectivity index (χ2n) is 4.72. The zero-order chi connectivity index (χ0) is 16.8. The molecule has 0 fully saturated rings. The number of hydrazone groups is 1. The van der Waals surface area contributed by atoms with Gasteiger partial charge in [-0.15, -0.1) is 11.3 Å². The molecule has 1 aromatic carbocycles. The second kappa shape index (κ2) is 8.34. The molecule has 0 spiro atoms. The molecule has 1 heterocycles. The Balaban J connectivity index is 1.88. The van der Waals surface area contributed by atoms with E-state index in [1.54, 1.807) is 29.5 Å². The average molecular weight is 371 g/mol. The van der Waals surface area contributed by atoms with Gasteiger partial charge in [-0.25, -0.2) is 5.43 Å². The fourth-order valence-electron chi connectivity index (χ4n) is 1.73. The number of nitrogens with zero attached hydrogens (tertiary/aromatic N) is 1. The van der Waals surface area contributed by atoms with Gasteiger partial charge in [-0.3, -0.25) is 4.79 Å². The lowest BCUT2D eigenvalue weighted by atomic mass is 10.3. The third-order valence-corrected chi connectivity index (χ3v) is 4.84. The van der Waals surface area contributed by atoms with Gasteiger partial charge < -0.3 is 4.74 Å². The van der Waals surface area contributed by atoms with Gasteiger partial charge in [0, 0.05) is 9.90 Å². The number of carbonyl (C=O) groups excluding carboxylic acids is 1. The summed E-state index contributed by atoms with van der Waals surface area (Å²) in [6, 6.07) is 8.88. The molecule has 7 heteroatoms. The first-order valence-electron chi connectivity index (χ1n) is 6.99. The first kappa shape index (κ1) is 17.8. The average Bonchev–Trinajstić information content (AvgIpc) is 3.01. The molecule has 0 atom stereocenters. The van der Waals surface area contributed by atoms with Crippen molar-refractivity contribution in [2.45, 2.75) is 20.3 Å². The first-order valence-corrected chi connectivity index (χ1v) is 8.57. The Morgan fingerprint density at radius 2 is 2.09 bits per heavy atom. The van der Waals surface area contributed by atoms with Crippen LogP contribution < -0.4 is 10.2 Å². The predicted molar refractivity (Wildman–Crippen MR) is 96.0 cm³/mol. The summed E-state index contributed by atoms with van der Waals surface area (Å²) in [5.41, 5.74) is 3.23. The number of amides is 1. The summed E-state index contributed by atoms with van der Waals surface area (Å²) in [4.78, 5) is 14.1. The number of nitrogens with one attached hydrogen (secondary N) is 1. The highest BCUT2D eigenvalue weighted by Crippen LogP contribution is 2.27. The van der Waals surface area contributed by atoms with E-state index in [0.717, 1.165) is 17.0 Å². The molecule has 4 nitrogen and oxygen atoms in total. The van der Waals surface area contributed by atoms with E-state index in [4.69, 9.17) is 27.9 Å². The van der Waals surface area contributed by atoms with Gasteiger partial charge in [0.2, 0.25) is 0 Å². The van der Waals surface area contributed by atoms with E-state index in [-0.39, 0.29) is 12.5 Å². The summed E-state index contributed by atoms with van der Waals surface area (Å²) in [6.45, 7) is 3.77. The van der Waals surface area contributed by atoms with Crippen molar-refractivity contribution >= 4 is 46.2 Å². The zero-order valence-electron chi connectivity index (χ0n) is 12.7. The van der Waals surface area contributed by atoms with E-state index in [1.807, 2.05) is 13.0 Å². The monoisotopic (exact) mass is 370 g/mol. The Bertz CT molecular complexity index is 729. The van der Waals surface area contributed by atoms with Crippen LogP contribution in [0.5, 0.6) is 5.75 Å². The predicted octanol–water partition coefficient (Wildman–Crippen LogP) is 4.54. The highest BCUT2D eigenvalue weighted by molar-refractivity contribution is 7.14. The Morgan fingerprint density at radius 1 is 1.30 bits per heavy atom. The highest BCUT2D eigenvalue weighted by atomic mass is 35.5. The molecule has 0 saturated heterocycles. The maximum absolute atomic E-state index is 11.8. The molecule has 0 aliphatic carbocycles. The molecular formula is C16H16Cl2N2O2S. The third-order valence-electron chi connectivity index (χ3n) is 2.97. The van der Waals surface area contributed by atoms with Gasteiger partial charge >= 0.3 is 0 Å². The van der Waals surface area contributed by atoms with Crippen molar-refractivity contribution in [1.82, 2.24) is 5.43 Å². The lowest BCUT2D eigenvalue weighted by Crippen LogP contribution is -2.25. The van der Waals surface area contributed by atoms with Gasteiger partial charge in [-0.2, -0.15) is 5.10 Å². The van der Waals surface area contributed by atoms with Gasteiger partial charge in [0.15, 0.2) is 6.61 Å². The lowest BCUT2D eigenvalue weighted by molar-refractivity contribution is -0.123. The molecule has 0 aliphatic rings. The summed E-state index contributed by atoms with van der Waals surface area (Å²) in [6.07, 6.45) is 0.986. The van der Waals surface area contributed by atoms with Crippen LogP contribution in [-0.2, 0) is 11.2 Å². The van der Waals surface area contributed by atoms with E-state index in [0.29, 0.717) is 15.8 Å². The number of ether oxygens (including phenoxy) is 1. The number of halogens is 2. The van der Waals surface area contributed by atoms with E-state index in [2.05, 4.69) is 23.5 Å². The molecule has 0 aliphatic heterocycles. The second-order valence-corrected chi connectivity index (χ2v) is 6.73. The topological polar surface area (TPSA) is 50.7 Å². The fourth-order valence-corrected chi connectivity index (χ4v) is 3.09. The molecule has 122 valence electrons. The van der Waals surface area contributed by atoms with E-state index in [9.17, 15) is 4.79 Å². The smallest absolute Gasteiger partial charge is 0.277 e. The summed E-state index contributed by atoms with van der Waals surface area (Å²) >= 11 is 13.4. The van der Waals surface area contributed by atoms with Crippen LogP contribution in [0.4, 0.5) is 0 Å². The number of aryl methyl sites for hydroxylation is 1. The maximum atomic E-state index is 11.8. The summed E-state index contributed by atoms with van der Waals surface area (Å²) in [5.74, 6) is 0.0420. The fraction of sp³-hybridized carbons (Fsp3) is 0.250. The molecule has 1 amide bonds. The van der Waals surface area contributed by atoms with Gasteiger partial charge in [0.25, 0.3) is 5.91 Å². The first-order chi connectivity index (χ1) is 11.0. The van der Waals surface area contributed by atoms with Crippen molar-refractivity contribution in [1.29, 1.82) is 0 Å². The Labute approximate surface area is 149 Å². The standard InChI is InChI=1S/C16H16Cl2N2O2S/c1-3-12-5-7-15(23-12)10(2)19-20-16(21)9-22-14-6-4-11(17)8-13(14)18/h4-8H,3,9H2,1-2H3,(H,20,21)/b19-10-.